The van der Waals surface area contributed by atoms with Gasteiger partial charge in [-0.25, -0.2) is 13.1 Å². The third-order valence-corrected chi connectivity index (χ3v) is 8.06. The molecule has 1 aliphatic carbocycles. The summed E-state index contributed by atoms with van der Waals surface area (Å²) in [4.78, 5) is 28.7. The topological polar surface area (TPSA) is 105 Å². The zero-order valence-corrected chi connectivity index (χ0v) is 20.6. The molecule has 1 heterocycles. The smallest absolute Gasteiger partial charge is 0.243 e. The van der Waals surface area contributed by atoms with Crippen molar-refractivity contribution in [3.05, 3.63) is 46.7 Å². The highest BCUT2D eigenvalue weighted by Gasteiger charge is 2.31. The number of amides is 2. The zero-order valence-electron chi connectivity index (χ0n) is 19.0. The average molecular weight is 494 g/mol. The van der Waals surface area contributed by atoms with E-state index in [1.165, 1.54) is 35.5 Å². The number of nitrogens with zero attached hydrogens (tertiary/aromatic N) is 1. The van der Waals surface area contributed by atoms with Gasteiger partial charge >= 0.3 is 0 Å². The molecule has 0 radical (unpaired) electrons. The first-order valence-electron chi connectivity index (χ1n) is 11.1. The number of benzene rings is 1. The summed E-state index contributed by atoms with van der Waals surface area (Å²) >= 11 is 1.49. The lowest BCUT2D eigenvalue weighted by atomic mass is 10.1. The van der Waals surface area contributed by atoms with Crippen LogP contribution in [0.3, 0.4) is 0 Å². The van der Waals surface area contributed by atoms with Gasteiger partial charge in [0.25, 0.3) is 0 Å². The van der Waals surface area contributed by atoms with E-state index in [1.54, 1.807) is 12.1 Å². The monoisotopic (exact) mass is 493 g/mol. The van der Waals surface area contributed by atoms with E-state index in [-0.39, 0.29) is 23.4 Å². The molecule has 0 aliphatic heterocycles. The summed E-state index contributed by atoms with van der Waals surface area (Å²) < 4.78 is 32.8. The summed E-state index contributed by atoms with van der Waals surface area (Å²) in [7, 11) is -2.40. The minimum atomic E-state index is -3.90. The lowest BCUT2D eigenvalue weighted by molar-refractivity contribution is -0.140. The number of rotatable bonds is 11. The molecule has 1 aromatic carbocycles. The fourth-order valence-electron chi connectivity index (χ4n) is 3.95. The molecule has 1 fully saturated rings. The van der Waals surface area contributed by atoms with Crippen molar-refractivity contribution in [3.63, 3.8) is 0 Å². The predicted octanol–water partition coefficient (Wildman–Crippen LogP) is 2.90. The van der Waals surface area contributed by atoms with E-state index in [9.17, 15) is 18.0 Å². The summed E-state index contributed by atoms with van der Waals surface area (Å²) in [5.41, 5.74) is 0. The fraction of sp³-hybridized carbons (Fsp3) is 0.478. The predicted molar refractivity (Wildman–Crippen MR) is 128 cm³/mol. The summed E-state index contributed by atoms with van der Waals surface area (Å²) in [6, 6.07) is 9.16. The first kappa shape index (κ1) is 25.2. The van der Waals surface area contributed by atoms with Crippen molar-refractivity contribution >= 4 is 33.2 Å². The normalized spacial score (nSPS) is 15.2. The summed E-state index contributed by atoms with van der Waals surface area (Å²) in [6.07, 6.45) is 4.51. The number of carbonyl (C=O) groups excluding carboxylic acids is 2. The van der Waals surface area contributed by atoms with E-state index in [4.69, 9.17) is 4.74 Å². The van der Waals surface area contributed by atoms with Crippen LogP contribution < -0.4 is 14.8 Å². The Morgan fingerprint density at radius 1 is 1.18 bits per heavy atom. The van der Waals surface area contributed by atoms with E-state index >= 15 is 0 Å². The molecular formula is C23H31N3O5S2. The maximum absolute atomic E-state index is 13.2. The van der Waals surface area contributed by atoms with Gasteiger partial charge in [0.1, 0.15) is 11.8 Å². The summed E-state index contributed by atoms with van der Waals surface area (Å²) in [5, 5.41) is 4.98. The summed E-state index contributed by atoms with van der Waals surface area (Å²) in [5.74, 6) is -0.104. The van der Waals surface area contributed by atoms with E-state index in [2.05, 4.69) is 10.0 Å². The fourth-order valence-corrected chi connectivity index (χ4v) is 5.63. The van der Waals surface area contributed by atoms with Crippen LogP contribution in [-0.2, 0) is 26.2 Å². The van der Waals surface area contributed by atoms with Crippen LogP contribution in [0.5, 0.6) is 5.75 Å². The molecule has 33 heavy (non-hydrogen) atoms. The number of sulfonamides is 1. The number of nitrogens with one attached hydrogen (secondary N) is 2. The number of hydrogen-bond donors (Lipinski definition) is 2. The van der Waals surface area contributed by atoms with Crippen LogP contribution in [0, 0.1) is 0 Å². The van der Waals surface area contributed by atoms with Crippen molar-refractivity contribution in [3.8, 4) is 5.75 Å². The maximum Gasteiger partial charge on any atom is 0.243 e. The molecule has 1 aromatic heterocycles. The lowest BCUT2D eigenvalue weighted by Gasteiger charge is -2.31. The Labute approximate surface area is 199 Å². The SMILES string of the molecule is CCC(C(=O)NC1CCCC1)N(Cc1cccs1)C(=O)CNS(=O)(=O)c1ccc(OC)cc1. The van der Waals surface area contributed by atoms with Gasteiger partial charge in [-0.2, -0.15) is 0 Å². The van der Waals surface area contributed by atoms with Gasteiger partial charge in [-0.05, 0) is 55.0 Å². The Morgan fingerprint density at radius 2 is 1.88 bits per heavy atom. The third kappa shape index (κ3) is 6.78. The van der Waals surface area contributed by atoms with Gasteiger partial charge in [-0.15, -0.1) is 11.3 Å². The van der Waals surface area contributed by atoms with Gasteiger partial charge in [-0.1, -0.05) is 25.8 Å². The van der Waals surface area contributed by atoms with Crippen molar-refractivity contribution in [2.24, 2.45) is 0 Å². The highest BCUT2D eigenvalue weighted by molar-refractivity contribution is 7.89. The van der Waals surface area contributed by atoms with Crippen LogP contribution in [0.2, 0.25) is 0 Å². The van der Waals surface area contributed by atoms with Crippen molar-refractivity contribution < 1.29 is 22.7 Å². The second-order valence-corrected chi connectivity index (χ2v) is 10.8. The number of thiophene rings is 1. The molecule has 1 unspecified atom stereocenters. The largest absolute Gasteiger partial charge is 0.497 e. The highest BCUT2D eigenvalue weighted by Crippen LogP contribution is 2.20. The zero-order chi connectivity index (χ0) is 23.8. The molecule has 1 atom stereocenters. The van der Waals surface area contributed by atoms with Crippen LogP contribution in [0.15, 0.2) is 46.7 Å². The number of carbonyl (C=O) groups is 2. The number of hydrogen-bond acceptors (Lipinski definition) is 6. The van der Waals surface area contributed by atoms with Gasteiger partial charge in [0.15, 0.2) is 0 Å². The number of ether oxygens (including phenoxy) is 1. The van der Waals surface area contributed by atoms with E-state index in [0.717, 1.165) is 30.6 Å². The van der Waals surface area contributed by atoms with Crippen molar-refractivity contribution in [2.45, 2.75) is 62.6 Å². The van der Waals surface area contributed by atoms with E-state index < -0.39 is 28.5 Å². The van der Waals surface area contributed by atoms with Crippen molar-refractivity contribution in [1.29, 1.82) is 0 Å². The van der Waals surface area contributed by atoms with Crippen molar-refractivity contribution in [1.82, 2.24) is 14.9 Å². The quantitative estimate of drug-likeness (QED) is 0.501. The van der Waals surface area contributed by atoms with Crippen molar-refractivity contribution in [2.75, 3.05) is 13.7 Å². The molecule has 2 aromatic rings. The van der Waals surface area contributed by atoms with Gasteiger partial charge in [0.2, 0.25) is 21.8 Å². The molecule has 180 valence electrons. The lowest BCUT2D eigenvalue weighted by Crippen LogP contribution is -2.52. The Hall–Kier alpha value is -2.43. The van der Waals surface area contributed by atoms with Crippen LogP contribution in [-0.4, -0.2) is 50.9 Å². The second-order valence-electron chi connectivity index (χ2n) is 8.02. The molecule has 0 spiro atoms. The average Bonchev–Trinajstić information content (AvgIpc) is 3.52. The Morgan fingerprint density at radius 3 is 2.45 bits per heavy atom. The maximum atomic E-state index is 13.2. The van der Waals surface area contributed by atoms with Crippen LogP contribution in [0.25, 0.3) is 0 Å². The Bertz CT molecular complexity index is 1020. The first-order chi connectivity index (χ1) is 15.8. The van der Waals surface area contributed by atoms with E-state index in [1.807, 2.05) is 24.4 Å². The van der Waals surface area contributed by atoms with E-state index in [0.29, 0.717) is 12.2 Å². The first-order valence-corrected chi connectivity index (χ1v) is 13.5. The van der Waals surface area contributed by atoms with Crippen LogP contribution in [0.4, 0.5) is 0 Å². The Balaban J connectivity index is 1.73. The van der Waals surface area contributed by atoms with Gasteiger partial charge < -0.3 is 15.0 Å². The molecule has 2 amide bonds. The molecule has 3 rings (SSSR count). The standard InChI is InChI=1S/C23H31N3O5S2/c1-3-21(23(28)25-17-7-4-5-8-17)26(16-19-9-6-14-32-19)22(27)15-24-33(29,30)20-12-10-18(31-2)11-13-20/h6,9-14,17,21,24H,3-5,7-8,15-16H2,1-2H3,(H,25,28). The van der Waals surface area contributed by atoms with Gasteiger partial charge in [-0.3, -0.25) is 9.59 Å². The molecule has 8 nitrogen and oxygen atoms in total. The minimum Gasteiger partial charge on any atom is -0.497 e. The Kier molecular flexibility index (Phi) is 8.87. The van der Waals surface area contributed by atoms with Crippen LogP contribution in [0.1, 0.15) is 43.9 Å². The van der Waals surface area contributed by atoms with Crippen LogP contribution >= 0.6 is 11.3 Å². The molecule has 10 heteroatoms. The van der Waals surface area contributed by atoms with Gasteiger partial charge in [0.05, 0.1) is 25.1 Å². The molecular weight excluding hydrogens is 462 g/mol. The molecule has 1 saturated carbocycles. The second kappa shape index (κ2) is 11.6. The highest BCUT2D eigenvalue weighted by atomic mass is 32.2. The molecule has 0 bridgehead atoms. The summed E-state index contributed by atoms with van der Waals surface area (Å²) in [6.45, 7) is 1.67. The molecule has 0 saturated heterocycles. The minimum absolute atomic E-state index is 0.0342. The third-order valence-electron chi connectivity index (χ3n) is 5.78. The number of methoxy groups -OCH3 is 1. The van der Waals surface area contributed by atoms with Gasteiger partial charge in [0, 0.05) is 10.9 Å². The molecule has 1 aliphatic rings. The molecule has 2 N–H and O–H groups in total.